The first-order chi connectivity index (χ1) is 14.8. The smallest absolute Gasteiger partial charge is 0.127 e. The molecule has 0 heterocycles. The third-order valence-corrected chi connectivity index (χ3v) is 4.55. The minimum absolute atomic E-state index is 0.511. The first kappa shape index (κ1) is 19.3. The molecule has 0 aliphatic carbocycles. The molecule has 145 valence electrons. The highest BCUT2D eigenvalue weighted by Gasteiger charge is 2.14. The van der Waals surface area contributed by atoms with E-state index in [1.54, 1.807) is 0 Å². The van der Waals surface area contributed by atoms with Crippen molar-refractivity contribution in [1.29, 1.82) is 5.26 Å². The molecule has 0 aliphatic rings. The molecule has 0 amide bonds. The second kappa shape index (κ2) is 9.45. The minimum Gasteiger partial charge on any atom is -0.457 e. The molecular formula is C27H20NO2. The average molecular weight is 390 g/mol. The van der Waals surface area contributed by atoms with E-state index in [1.165, 1.54) is 0 Å². The molecule has 0 aromatic heterocycles. The fourth-order valence-corrected chi connectivity index (χ4v) is 3.13. The van der Waals surface area contributed by atoms with E-state index in [0.717, 1.165) is 28.4 Å². The van der Waals surface area contributed by atoms with E-state index in [9.17, 15) is 5.26 Å². The molecule has 0 bridgehead atoms. The fraction of sp³-hybridized carbons (Fsp3) is 0.0370. The van der Waals surface area contributed by atoms with Crippen molar-refractivity contribution in [3.8, 4) is 29.1 Å². The van der Waals surface area contributed by atoms with Crippen LogP contribution in [0.4, 0.5) is 0 Å². The van der Waals surface area contributed by atoms with Gasteiger partial charge in [-0.15, -0.1) is 0 Å². The summed E-state index contributed by atoms with van der Waals surface area (Å²) in [5.41, 5.74) is 1.86. The van der Waals surface area contributed by atoms with Gasteiger partial charge in [0.15, 0.2) is 0 Å². The van der Waals surface area contributed by atoms with Gasteiger partial charge in [-0.05, 0) is 66.1 Å². The van der Waals surface area contributed by atoms with Crippen molar-refractivity contribution < 1.29 is 9.47 Å². The Morgan fingerprint density at radius 1 is 0.600 bits per heavy atom. The maximum Gasteiger partial charge on any atom is 0.127 e. The standard InChI is InChI=1S/C27H20NO2/c28-20-23(22-10-8-16-27(19-22)30-25-13-5-2-6-14-25)17-21-9-7-15-26(18-21)29-24-11-3-1-4-12-24/h1-16,18-19H,17H2. The maximum atomic E-state index is 9.77. The second-order valence-corrected chi connectivity index (χ2v) is 6.77. The summed E-state index contributed by atoms with van der Waals surface area (Å²) >= 11 is 0. The van der Waals surface area contributed by atoms with Crippen LogP contribution in [0.2, 0.25) is 0 Å². The molecule has 30 heavy (non-hydrogen) atoms. The molecule has 3 heteroatoms. The zero-order chi connectivity index (χ0) is 20.6. The van der Waals surface area contributed by atoms with E-state index in [0.29, 0.717) is 18.1 Å². The van der Waals surface area contributed by atoms with Crippen molar-refractivity contribution in [3.63, 3.8) is 0 Å². The molecule has 0 spiro atoms. The van der Waals surface area contributed by atoms with Crippen LogP contribution < -0.4 is 9.47 Å². The number of nitriles is 1. The summed E-state index contributed by atoms with van der Waals surface area (Å²) in [4.78, 5) is 0. The van der Waals surface area contributed by atoms with Gasteiger partial charge in [-0.1, -0.05) is 60.7 Å². The van der Waals surface area contributed by atoms with Crippen LogP contribution in [0.1, 0.15) is 11.1 Å². The first-order valence-electron chi connectivity index (χ1n) is 9.71. The zero-order valence-electron chi connectivity index (χ0n) is 16.4. The normalized spacial score (nSPS) is 10.4. The Hall–Kier alpha value is -4.03. The molecule has 4 aromatic rings. The first-order valence-corrected chi connectivity index (χ1v) is 9.71. The monoisotopic (exact) mass is 390 g/mol. The SMILES string of the molecule is N#C[C](Cc1cccc(Oc2ccccc2)c1)c1cccc(Oc2ccccc2)c1. The van der Waals surface area contributed by atoms with Crippen LogP contribution >= 0.6 is 0 Å². The number of ether oxygens (including phenoxy) is 2. The molecular weight excluding hydrogens is 370 g/mol. The Kier molecular flexibility index (Phi) is 6.08. The van der Waals surface area contributed by atoms with E-state index in [2.05, 4.69) is 6.07 Å². The molecule has 1 radical (unpaired) electrons. The Labute approximate surface area is 176 Å². The highest BCUT2D eigenvalue weighted by molar-refractivity contribution is 5.47. The van der Waals surface area contributed by atoms with E-state index < -0.39 is 0 Å². The zero-order valence-corrected chi connectivity index (χ0v) is 16.4. The molecule has 0 N–H and O–H groups in total. The fourth-order valence-electron chi connectivity index (χ4n) is 3.13. The third-order valence-electron chi connectivity index (χ3n) is 4.55. The van der Waals surface area contributed by atoms with Crippen LogP contribution in [-0.4, -0.2) is 0 Å². The highest BCUT2D eigenvalue weighted by atomic mass is 16.5. The molecule has 0 fully saturated rings. The number of para-hydroxylation sites is 2. The van der Waals surface area contributed by atoms with Gasteiger partial charge >= 0.3 is 0 Å². The van der Waals surface area contributed by atoms with E-state index >= 15 is 0 Å². The lowest BCUT2D eigenvalue weighted by Crippen LogP contribution is -2.02. The van der Waals surface area contributed by atoms with Gasteiger partial charge in [0.2, 0.25) is 0 Å². The number of hydrogen-bond acceptors (Lipinski definition) is 3. The van der Waals surface area contributed by atoms with Gasteiger partial charge < -0.3 is 9.47 Å². The third kappa shape index (κ3) is 5.06. The quantitative estimate of drug-likeness (QED) is 0.342. The largest absolute Gasteiger partial charge is 0.457 e. The number of nitrogens with zero attached hydrogens (tertiary/aromatic N) is 1. The predicted octanol–water partition coefficient (Wildman–Crippen LogP) is 6.96. The summed E-state index contributed by atoms with van der Waals surface area (Å²) in [5, 5.41) is 9.77. The molecule has 0 unspecified atom stereocenters. The maximum absolute atomic E-state index is 9.77. The lowest BCUT2D eigenvalue weighted by atomic mass is 9.93. The van der Waals surface area contributed by atoms with E-state index in [4.69, 9.17) is 9.47 Å². The van der Waals surface area contributed by atoms with Crippen molar-refractivity contribution in [2.45, 2.75) is 6.42 Å². The van der Waals surface area contributed by atoms with E-state index in [1.807, 2.05) is 109 Å². The van der Waals surface area contributed by atoms with Gasteiger partial charge in [0.25, 0.3) is 0 Å². The Morgan fingerprint density at radius 3 is 1.73 bits per heavy atom. The molecule has 3 nitrogen and oxygen atoms in total. The Bertz CT molecular complexity index is 1130. The molecule has 0 aliphatic heterocycles. The predicted molar refractivity (Wildman–Crippen MR) is 118 cm³/mol. The van der Waals surface area contributed by atoms with Gasteiger partial charge in [-0.3, -0.25) is 0 Å². The van der Waals surface area contributed by atoms with Crippen LogP contribution in [-0.2, 0) is 6.42 Å². The van der Waals surface area contributed by atoms with Crippen molar-refractivity contribution in [3.05, 3.63) is 126 Å². The van der Waals surface area contributed by atoms with Crippen LogP contribution in [0.5, 0.6) is 23.0 Å². The summed E-state index contributed by atoms with van der Waals surface area (Å²) < 4.78 is 11.8. The van der Waals surface area contributed by atoms with Gasteiger partial charge in [-0.25, -0.2) is 0 Å². The molecule has 4 aromatic carbocycles. The lowest BCUT2D eigenvalue weighted by molar-refractivity contribution is 0.481. The number of rotatable bonds is 7. The Balaban J connectivity index is 1.49. The summed E-state index contributed by atoms with van der Waals surface area (Å²) in [7, 11) is 0. The van der Waals surface area contributed by atoms with Gasteiger partial charge in [0.05, 0.1) is 6.07 Å². The van der Waals surface area contributed by atoms with Crippen molar-refractivity contribution in [2.24, 2.45) is 0 Å². The van der Waals surface area contributed by atoms with Gasteiger partial charge in [-0.2, -0.15) is 5.26 Å². The molecule has 0 atom stereocenters. The summed E-state index contributed by atoms with van der Waals surface area (Å²) in [6, 6.07) is 37.0. The lowest BCUT2D eigenvalue weighted by Gasteiger charge is -2.12. The van der Waals surface area contributed by atoms with Crippen LogP contribution in [0.3, 0.4) is 0 Å². The van der Waals surface area contributed by atoms with Crippen LogP contribution in [0.15, 0.2) is 109 Å². The van der Waals surface area contributed by atoms with Crippen molar-refractivity contribution in [1.82, 2.24) is 0 Å². The van der Waals surface area contributed by atoms with Crippen LogP contribution in [0.25, 0.3) is 0 Å². The van der Waals surface area contributed by atoms with Crippen molar-refractivity contribution in [2.75, 3.05) is 0 Å². The molecule has 0 saturated heterocycles. The second-order valence-electron chi connectivity index (χ2n) is 6.77. The van der Waals surface area contributed by atoms with E-state index in [-0.39, 0.29) is 0 Å². The Morgan fingerprint density at radius 2 is 1.13 bits per heavy atom. The van der Waals surface area contributed by atoms with Crippen LogP contribution in [0, 0.1) is 17.2 Å². The topological polar surface area (TPSA) is 42.2 Å². The molecule has 0 saturated carbocycles. The highest BCUT2D eigenvalue weighted by Crippen LogP contribution is 2.28. The minimum atomic E-state index is 0.511. The van der Waals surface area contributed by atoms with Gasteiger partial charge in [0, 0.05) is 0 Å². The summed E-state index contributed by atoms with van der Waals surface area (Å²) in [5.74, 6) is 3.67. The van der Waals surface area contributed by atoms with Crippen molar-refractivity contribution >= 4 is 0 Å². The molecule has 4 rings (SSSR count). The average Bonchev–Trinajstić information content (AvgIpc) is 2.79. The summed E-state index contributed by atoms with van der Waals surface area (Å²) in [6.45, 7) is 0. The number of benzene rings is 4. The number of hydrogen-bond donors (Lipinski definition) is 0. The summed E-state index contributed by atoms with van der Waals surface area (Å²) in [6.07, 6.45) is 0.511. The van der Waals surface area contributed by atoms with Gasteiger partial charge in [0.1, 0.15) is 28.9 Å².